The number of halogens is 5. The summed E-state index contributed by atoms with van der Waals surface area (Å²) in [5, 5.41) is 0. The van der Waals surface area contributed by atoms with Crippen LogP contribution in [0.5, 0.6) is 0 Å². The summed E-state index contributed by atoms with van der Waals surface area (Å²) in [7, 11) is -3.65. The van der Waals surface area contributed by atoms with Crippen LogP contribution in [0.25, 0.3) is 0 Å². The number of hydrogen-bond donors (Lipinski definition) is 0. The molecule has 161 valence electrons. The van der Waals surface area contributed by atoms with E-state index in [1.807, 2.05) is 0 Å². The Kier molecular flexibility index (Phi) is 16.5. The summed E-state index contributed by atoms with van der Waals surface area (Å²) >= 11 is 12.1. The first kappa shape index (κ1) is 31.1. The van der Waals surface area contributed by atoms with E-state index in [9.17, 15) is 13.2 Å². The number of esters is 1. The molecule has 2 aliphatic rings. The first-order valence-corrected chi connectivity index (χ1v) is 30.9. The topological polar surface area (TPSA) is 97.4 Å². The van der Waals surface area contributed by atoms with Gasteiger partial charge in [-0.15, -0.1) is 0 Å². The predicted octanol–water partition coefficient (Wildman–Crippen LogP) is 4.54. The average Bonchev–Trinajstić information content (AvgIpc) is 2.96. The van der Waals surface area contributed by atoms with E-state index in [1.54, 1.807) is 20.8 Å². The number of ether oxygens (including phenoxy) is 3. The second kappa shape index (κ2) is 14.4. The number of hydrogen-bond acceptors (Lipinski definition) is 8. The molecule has 0 amide bonds. The van der Waals surface area contributed by atoms with Crippen LogP contribution < -0.4 is 0 Å². The molecule has 0 spiro atoms. The maximum atomic E-state index is 12.0. The Hall–Kier alpha value is 4.08. The molecule has 2 rings (SSSR count). The molecule has 0 aromatic carbocycles. The second-order valence-corrected chi connectivity index (χ2v) is 53.8. The molecular formula is C11H18I5O8SV2. The van der Waals surface area contributed by atoms with Crippen LogP contribution in [-0.2, 0) is 52.2 Å². The quantitative estimate of drug-likeness (QED) is 0.301. The average molecular weight is 1050 g/mol. The summed E-state index contributed by atoms with van der Waals surface area (Å²) in [6.45, 7) is 6.45. The molecule has 2 saturated heterocycles. The summed E-state index contributed by atoms with van der Waals surface area (Å²) < 4.78 is 48.5. The fourth-order valence-corrected chi connectivity index (χ4v) is 3.39. The molecule has 0 aliphatic carbocycles. The van der Waals surface area contributed by atoms with Crippen LogP contribution in [0.3, 0.4) is 0 Å². The third kappa shape index (κ3) is 11.7. The zero-order chi connectivity index (χ0) is 21.5. The Labute approximate surface area is 226 Å². The van der Waals surface area contributed by atoms with Crippen molar-refractivity contribution in [3.8, 4) is 0 Å². The summed E-state index contributed by atoms with van der Waals surface area (Å²) in [5.74, 6) is -1.70. The normalized spacial score (nSPS) is 30.6. The first-order valence-electron chi connectivity index (χ1n) is 7.07. The predicted molar refractivity (Wildman–Crippen MR) is 135 cm³/mol. The number of carbonyl (C=O) groups excluding carboxylic acids is 1. The Morgan fingerprint density at radius 2 is 1.74 bits per heavy atom. The minimum absolute atomic E-state index is 0.0888. The zero-order valence-electron chi connectivity index (χ0n) is 14.5. The van der Waals surface area contributed by atoms with Crippen molar-refractivity contribution in [1.29, 1.82) is 0 Å². The van der Waals surface area contributed by atoms with Gasteiger partial charge in [0.2, 0.25) is 5.60 Å². The number of carbonyl (C=O) groups is 1. The first-order chi connectivity index (χ1) is 12.2. The summed E-state index contributed by atoms with van der Waals surface area (Å²) in [6.07, 6.45) is -1.91. The van der Waals surface area contributed by atoms with Crippen molar-refractivity contribution < 1.29 is 50.2 Å². The van der Waals surface area contributed by atoms with Gasteiger partial charge in [-0.2, -0.15) is 8.42 Å². The van der Waals surface area contributed by atoms with Gasteiger partial charge in [0.15, 0.2) is 5.79 Å². The van der Waals surface area contributed by atoms with Gasteiger partial charge in [0.05, 0.1) is 13.2 Å². The van der Waals surface area contributed by atoms with Crippen molar-refractivity contribution in [2.24, 2.45) is 0 Å². The van der Waals surface area contributed by atoms with Crippen molar-refractivity contribution >= 4 is 116 Å². The third-order valence-electron chi connectivity index (χ3n) is 3.09. The molecule has 27 heavy (non-hydrogen) atoms. The molecule has 8 nitrogen and oxygen atoms in total. The molecule has 0 unspecified atom stereocenters. The van der Waals surface area contributed by atoms with Crippen molar-refractivity contribution in [2.75, 3.05) is 13.2 Å². The van der Waals surface area contributed by atoms with E-state index < -0.39 is 40.0 Å². The molecule has 0 radical (unpaired) electrons. The van der Waals surface area contributed by atoms with Crippen LogP contribution in [0.2, 0.25) is 0 Å². The van der Waals surface area contributed by atoms with Gasteiger partial charge in [-0.1, -0.05) is 0 Å². The van der Waals surface area contributed by atoms with E-state index in [1.165, 1.54) is 6.92 Å². The van der Waals surface area contributed by atoms with Crippen LogP contribution >= 0.6 is 99.9 Å². The summed E-state index contributed by atoms with van der Waals surface area (Å²) in [6, 6.07) is 0. The Morgan fingerprint density at radius 3 is 2.11 bits per heavy atom. The van der Waals surface area contributed by atoms with Gasteiger partial charge < -0.3 is 14.2 Å². The monoisotopic (exact) mass is 1050 g/mol. The van der Waals surface area contributed by atoms with Crippen molar-refractivity contribution in [2.45, 2.75) is 51.3 Å². The van der Waals surface area contributed by atoms with Crippen molar-refractivity contribution in [3.63, 3.8) is 0 Å². The maximum absolute atomic E-state index is 12.0. The van der Waals surface area contributed by atoms with Crippen LogP contribution in [0, 0.1) is 0 Å². The molecular weight excluding hydrogens is 1030 g/mol. The van der Waals surface area contributed by atoms with E-state index in [-0.39, 0.29) is 18.1 Å². The van der Waals surface area contributed by atoms with Gasteiger partial charge in [0, 0.05) is 0 Å². The van der Waals surface area contributed by atoms with Crippen molar-refractivity contribution in [3.05, 3.63) is 0 Å². The van der Waals surface area contributed by atoms with E-state index in [0.717, 1.165) is 0 Å². The zero-order valence-corrected chi connectivity index (χ0v) is 28.9. The van der Waals surface area contributed by atoms with Gasteiger partial charge in [-0.3, -0.25) is 0 Å². The van der Waals surface area contributed by atoms with Crippen LogP contribution in [0.15, 0.2) is 0 Å². The molecule has 0 bridgehead atoms. The van der Waals surface area contributed by atoms with Crippen LogP contribution in [-0.4, -0.2) is 51.2 Å². The number of rotatable bonds is 3. The molecule has 16 heteroatoms. The van der Waals surface area contributed by atoms with E-state index in [0.29, 0.717) is 9.47 Å². The van der Waals surface area contributed by atoms with Gasteiger partial charge in [-0.05, 0) is 27.7 Å². The third-order valence-corrected chi connectivity index (χ3v) is 4.08. The Balaban J connectivity index is 0.000000836. The molecule has 0 N–H and O–H groups in total. The minimum atomic E-state index is -4.28. The van der Waals surface area contributed by atoms with Gasteiger partial charge in [-0.25, -0.2) is 13.2 Å². The van der Waals surface area contributed by atoms with Gasteiger partial charge >= 0.3 is 131 Å². The fraction of sp³-hybridized carbons (Fsp3) is 0.909. The molecule has 0 aromatic rings. The Morgan fingerprint density at radius 1 is 1.26 bits per heavy atom. The SMILES string of the molecule is CCOC(=O)[C@@]1(C)OS(=O)(=O)O[C@@H]1[C@H]1COC(C)(C)O1.[I][V]([I])[I].[I][V][I]. The summed E-state index contributed by atoms with van der Waals surface area (Å²) in [4.78, 5) is 11.7. The van der Waals surface area contributed by atoms with E-state index in [4.69, 9.17) is 22.6 Å². The molecule has 2 fully saturated rings. The van der Waals surface area contributed by atoms with Gasteiger partial charge in [0.1, 0.15) is 12.2 Å². The second-order valence-electron chi connectivity index (χ2n) is 5.46. The molecule has 0 saturated carbocycles. The molecule has 0 aromatic heterocycles. The van der Waals surface area contributed by atoms with E-state index in [2.05, 4.69) is 99.9 Å². The van der Waals surface area contributed by atoms with Gasteiger partial charge in [0.25, 0.3) is 0 Å². The van der Waals surface area contributed by atoms with Crippen LogP contribution in [0.4, 0.5) is 0 Å². The van der Waals surface area contributed by atoms with E-state index >= 15 is 0 Å². The molecule has 2 aliphatic heterocycles. The molecule has 3 atom stereocenters. The summed E-state index contributed by atoms with van der Waals surface area (Å²) in [5.41, 5.74) is -1.79. The Bertz CT molecular complexity index is 578. The van der Waals surface area contributed by atoms with Crippen LogP contribution in [0.1, 0.15) is 27.7 Å². The molecule has 2 heterocycles. The fourth-order valence-electron chi connectivity index (χ4n) is 2.20. The van der Waals surface area contributed by atoms with Crippen molar-refractivity contribution in [1.82, 2.24) is 0 Å². The standard InChI is InChI=1S/C11H18O8S.5HI.2V/c1-5-15-9(12)11(4)8(18-20(13,14)19-11)7-6-16-10(2,3)17-7;;;;;;;/h7-8H,5-6H2,1-4H3;5*1H;;/q;;;;;;+2;+3/p-5/t7-,8-,11+;;;;;;;/m1......./s1.